The molecule has 2 saturated heterocycles. The fourth-order valence-electron chi connectivity index (χ4n) is 4.72. The van der Waals surface area contributed by atoms with E-state index >= 15 is 0 Å². The van der Waals surface area contributed by atoms with Crippen molar-refractivity contribution in [3.63, 3.8) is 0 Å². The SMILES string of the molecule is O=C(OCc1ccccc1)N1C2CCCC1CC(O)(c1ncccc1C(F)(F)F)C2. The second-order valence-corrected chi connectivity index (χ2v) is 8.02. The third-order valence-electron chi connectivity index (χ3n) is 5.98. The molecular weight excluding hydrogens is 397 g/mol. The minimum atomic E-state index is -4.61. The Morgan fingerprint density at radius 1 is 1.13 bits per heavy atom. The lowest BCUT2D eigenvalue weighted by atomic mass is 9.73. The second-order valence-electron chi connectivity index (χ2n) is 8.02. The Balaban J connectivity index is 1.55. The third-order valence-corrected chi connectivity index (χ3v) is 5.98. The predicted molar refractivity (Wildman–Crippen MR) is 102 cm³/mol. The van der Waals surface area contributed by atoms with Gasteiger partial charge >= 0.3 is 12.3 Å². The van der Waals surface area contributed by atoms with Crippen LogP contribution in [0.4, 0.5) is 18.0 Å². The molecule has 30 heavy (non-hydrogen) atoms. The average Bonchev–Trinajstić information content (AvgIpc) is 2.71. The number of halogens is 3. The summed E-state index contributed by atoms with van der Waals surface area (Å²) in [6.07, 6.45) is -1.77. The van der Waals surface area contributed by atoms with Gasteiger partial charge in [-0.1, -0.05) is 30.3 Å². The number of alkyl halides is 3. The predicted octanol–water partition coefficient (Wildman–Crippen LogP) is 4.64. The number of piperidine rings is 2. The zero-order valence-electron chi connectivity index (χ0n) is 16.3. The zero-order chi connectivity index (χ0) is 21.4. The van der Waals surface area contributed by atoms with Crippen LogP contribution in [0, 0.1) is 0 Å². The summed E-state index contributed by atoms with van der Waals surface area (Å²) in [5.74, 6) is 0. The number of hydrogen-bond acceptors (Lipinski definition) is 4. The van der Waals surface area contributed by atoms with Crippen LogP contribution >= 0.6 is 0 Å². The second kappa shape index (κ2) is 7.91. The van der Waals surface area contributed by atoms with Gasteiger partial charge in [0.05, 0.1) is 11.3 Å². The Labute approximate surface area is 172 Å². The average molecular weight is 420 g/mol. The molecule has 1 N–H and O–H groups in total. The maximum atomic E-state index is 13.5. The van der Waals surface area contributed by atoms with E-state index in [1.165, 1.54) is 12.3 Å². The number of fused-ring (bicyclic) bond motifs is 2. The number of benzene rings is 1. The first-order valence-electron chi connectivity index (χ1n) is 10.0. The highest BCUT2D eigenvalue weighted by molar-refractivity contribution is 5.69. The van der Waals surface area contributed by atoms with E-state index in [0.29, 0.717) is 12.8 Å². The molecule has 5 nitrogen and oxygen atoms in total. The van der Waals surface area contributed by atoms with Gasteiger partial charge in [-0.15, -0.1) is 0 Å². The van der Waals surface area contributed by atoms with E-state index in [4.69, 9.17) is 4.74 Å². The highest BCUT2D eigenvalue weighted by atomic mass is 19.4. The van der Waals surface area contributed by atoms with Crippen LogP contribution in [0.1, 0.15) is 48.9 Å². The van der Waals surface area contributed by atoms with Gasteiger partial charge in [-0.05, 0) is 37.0 Å². The van der Waals surface area contributed by atoms with Crippen LogP contribution in [0.25, 0.3) is 0 Å². The van der Waals surface area contributed by atoms with Crippen LogP contribution in [0.3, 0.4) is 0 Å². The number of carbonyl (C=O) groups is 1. The van der Waals surface area contributed by atoms with Crippen LogP contribution in [0.5, 0.6) is 0 Å². The Morgan fingerprint density at radius 2 is 1.80 bits per heavy atom. The summed E-state index contributed by atoms with van der Waals surface area (Å²) in [5.41, 5.74) is -2.16. The number of hydrogen-bond donors (Lipinski definition) is 1. The summed E-state index contributed by atoms with van der Waals surface area (Å²) in [4.78, 5) is 18.3. The molecule has 160 valence electrons. The van der Waals surface area contributed by atoms with E-state index in [2.05, 4.69) is 4.98 Å². The van der Waals surface area contributed by atoms with Crippen LogP contribution in [-0.2, 0) is 23.1 Å². The topological polar surface area (TPSA) is 62.7 Å². The number of amides is 1. The Hall–Kier alpha value is -2.61. The molecule has 2 aliphatic heterocycles. The van der Waals surface area contributed by atoms with Crippen molar-refractivity contribution >= 4 is 6.09 Å². The van der Waals surface area contributed by atoms with Crippen molar-refractivity contribution in [2.45, 2.75) is 62.6 Å². The van der Waals surface area contributed by atoms with E-state index in [0.717, 1.165) is 18.1 Å². The summed E-state index contributed by atoms with van der Waals surface area (Å²) >= 11 is 0. The quantitative estimate of drug-likeness (QED) is 0.786. The maximum absolute atomic E-state index is 13.5. The van der Waals surface area contributed by atoms with Gasteiger partial charge in [0.25, 0.3) is 0 Å². The smallest absolute Gasteiger partial charge is 0.418 e. The third kappa shape index (κ3) is 4.01. The van der Waals surface area contributed by atoms with Crippen LogP contribution in [0.15, 0.2) is 48.7 Å². The molecular formula is C22H23F3N2O3. The number of nitrogens with zero attached hydrogens (tertiary/aromatic N) is 2. The monoisotopic (exact) mass is 420 g/mol. The molecule has 2 unspecified atom stereocenters. The van der Waals surface area contributed by atoms with Gasteiger partial charge in [-0.3, -0.25) is 4.98 Å². The normalized spacial score (nSPS) is 26.3. The molecule has 2 aromatic rings. The molecule has 8 heteroatoms. The molecule has 1 aromatic carbocycles. The molecule has 2 aliphatic rings. The molecule has 1 aromatic heterocycles. The van der Waals surface area contributed by atoms with Gasteiger partial charge in [-0.2, -0.15) is 13.2 Å². The molecule has 0 aliphatic carbocycles. The molecule has 2 fully saturated rings. The number of rotatable bonds is 3. The molecule has 1 amide bonds. The number of ether oxygens (including phenoxy) is 1. The van der Waals surface area contributed by atoms with Gasteiger partial charge in [0.2, 0.25) is 0 Å². The van der Waals surface area contributed by atoms with Crippen molar-refractivity contribution in [3.05, 3.63) is 65.5 Å². The Bertz CT molecular complexity index is 890. The van der Waals surface area contributed by atoms with Gasteiger partial charge in [0.1, 0.15) is 12.2 Å². The first-order valence-corrected chi connectivity index (χ1v) is 10.0. The highest BCUT2D eigenvalue weighted by Crippen LogP contribution is 2.47. The number of carbonyl (C=O) groups excluding carboxylic acids is 1. The molecule has 2 bridgehead atoms. The summed E-state index contributed by atoms with van der Waals surface area (Å²) in [7, 11) is 0. The van der Waals surface area contributed by atoms with E-state index in [-0.39, 0.29) is 25.1 Å². The van der Waals surface area contributed by atoms with Crippen LogP contribution in [0.2, 0.25) is 0 Å². The summed E-state index contributed by atoms with van der Waals surface area (Å²) < 4.78 is 45.9. The van der Waals surface area contributed by atoms with Crippen molar-refractivity contribution in [2.75, 3.05) is 0 Å². The van der Waals surface area contributed by atoms with Crippen molar-refractivity contribution in [1.29, 1.82) is 0 Å². The fraction of sp³-hybridized carbons (Fsp3) is 0.455. The summed E-state index contributed by atoms with van der Waals surface area (Å²) in [6, 6.07) is 10.6. The number of aromatic nitrogens is 1. The molecule has 3 heterocycles. The number of aliphatic hydroxyl groups is 1. The van der Waals surface area contributed by atoms with Gasteiger partial charge < -0.3 is 14.7 Å². The molecule has 0 saturated carbocycles. The van der Waals surface area contributed by atoms with Crippen molar-refractivity contribution in [2.24, 2.45) is 0 Å². The lowest BCUT2D eigenvalue weighted by Gasteiger charge is -2.51. The van der Waals surface area contributed by atoms with Crippen LogP contribution in [-0.4, -0.2) is 33.2 Å². The standard InChI is InChI=1S/C22H23F3N2O3/c23-22(24,25)18-10-5-11-26-19(18)21(29)12-16-8-4-9-17(13-21)27(16)20(28)30-14-15-6-2-1-3-7-15/h1-3,5-7,10-11,16-17,29H,4,8-9,12-14H2. The van der Waals surface area contributed by atoms with Crippen LogP contribution < -0.4 is 0 Å². The molecule has 2 atom stereocenters. The largest absolute Gasteiger partial charge is 0.445 e. The Kier molecular flexibility index (Phi) is 5.44. The first-order chi connectivity index (χ1) is 14.3. The van der Waals surface area contributed by atoms with E-state index in [1.807, 2.05) is 30.3 Å². The minimum Gasteiger partial charge on any atom is -0.445 e. The highest BCUT2D eigenvalue weighted by Gasteiger charge is 2.52. The molecule has 0 radical (unpaired) electrons. The van der Waals surface area contributed by atoms with E-state index in [1.54, 1.807) is 4.90 Å². The summed E-state index contributed by atoms with van der Waals surface area (Å²) in [5, 5.41) is 11.3. The van der Waals surface area contributed by atoms with E-state index in [9.17, 15) is 23.1 Å². The maximum Gasteiger partial charge on any atom is 0.418 e. The lowest BCUT2D eigenvalue weighted by Crippen LogP contribution is -2.59. The van der Waals surface area contributed by atoms with Gasteiger partial charge in [-0.25, -0.2) is 4.79 Å². The molecule has 0 spiro atoms. The van der Waals surface area contributed by atoms with E-state index < -0.39 is 35.5 Å². The minimum absolute atomic E-state index is 0.00400. The van der Waals surface area contributed by atoms with Gasteiger partial charge in [0.15, 0.2) is 0 Å². The number of pyridine rings is 1. The van der Waals surface area contributed by atoms with Crippen molar-refractivity contribution in [3.8, 4) is 0 Å². The van der Waals surface area contributed by atoms with Crippen molar-refractivity contribution < 1.29 is 27.8 Å². The summed E-state index contributed by atoms with van der Waals surface area (Å²) in [6.45, 7) is 0.123. The Morgan fingerprint density at radius 3 is 2.43 bits per heavy atom. The first kappa shape index (κ1) is 20.7. The molecule has 4 rings (SSSR count). The zero-order valence-corrected chi connectivity index (χ0v) is 16.3. The van der Waals surface area contributed by atoms with Gasteiger partial charge in [0, 0.05) is 31.1 Å². The van der Waals surface area contributed by atoms with Crippen molar-refractivity contribution in [1.82, 2.24) is 9.88 Å². The fourth-order valence-corrected chi connectivity index (χ4v) is 4.72. The lowest BCUT2D eigenvalue weighted by molar-refractivity contribution is -0.145.